The second-order valence-electron chi connectivity index (χ2n) is 11.6. The highest BCUT2D eigenvalue weighted by atomic mass is 16.5. The fourth-order valence-corrected chi connectivity index (χ4v) is 3.16. The Hall–Kier alpha value is -1.06. The van der Waals surface area contributed by atoms with Crippen LogP contribution in [0.2, 0.25) is 0 Å². The van der Waals surface area contributed by atoms with Crippen molar-refractivity contribution in [2.24, 2.45) is 5.41 Å². The van der Waals surface area contributed by atoms with Crippen LogP contribution in [0.15, 0.2) is 0 Å². The summed E-state index contributed by atoms with van der Waals surface area (Å²) in [7, 11) is 2.57. The fraction of sp³-hybridized carbons (Fsp3) is 0.931. The number of carbonyl (C=O) groups is 2. The van der Waals surface area contributed by atoms with Gasteiger partial charge in [0.15, 0.2) is 0 Å². The molecule has 0 aliphatic heterocycles. The first-order valence-corrected chi connectivity index (χ1v) is 13.6. The Bertz CT molecular complexity index is 551. The van der Waals surface area contributed by atoms with E-state index in [-0.39, 0.29) is 22.3 Å². The van der Waals surface area contributed by atoms with E-state index >= 15 is 0 Å². The van der Waals surface area contributed by atoms with Crippen LogP contribution in [-0.2, 0) is 23.8 Å². The van der Waals surface area contributed by atoms with E-state index < -0.39 is 5.60 Å². The summed E-state index contributed by atoms with van der Waals surface area (Å²) in [6, 6.07) is 0.527. The van der Waals surface area contributed by atoms with Crippen molar-refractivity contribution in [3.8, 4) is 0 Å². The number of aliphatic hydroxyl groups is 1. The molecule has 0 bridgehead atoms. The molecule has 226 valence electrons. The van der Waals surface area contributed by atoms with E-state index in [1.807, 2.05) is 34.6 Å². The van der Waals surface area contributed by atoms with Crippen LogP contribution in [0.5, 0.6) is 0 Å². The molecule has 0 radical (unpaired) electrons. The zero-order chi connectivity index (χ0) is 30.3. The zero-order valence-electron chi connectivity index (χ0n) is 27.1. The lowest BCUT2D eigenvalue weighted by Crippen LogP contribution is -2.44. The zero-order valence-corrected chi connectivity index (χ0v) is 27.1. The molecule has 0 fully saturated rings. The molecule has 0 aromatic rings. The number of methoxy groups -OCH3 is 1. The molecular weight excluding hydrogens is 472 g/mol. The summed E-state index contributed by atoms with van der Waals surface area (Å²) in [5.41, 5.74) is -0.544. The summed E-state index contributed by atoms with van der Waals surface area (Å²) in [6.07, 6.45) is 3.12. The third kappa shape index (κ3) is 29.4. The number of aliphatic hydroxyl groups excluding tert-OH is 1. The lowest BCUT2D eigenvalue weighted by molar-refractivity contribution is -0.128. The average Bonchev–Trinajstić information content (AvgIpc) is 2.79. The van der Waals surface area contributed by atoms with Gasteiger partial charge in [-0.3, -0.25) is 9.59 Å². The molecule has 0 aliphatic rings. The largest absolute Gasteiger partial charge is 0.400 e. The molecule has 0 saturated carbocycles. The van der Waals surface area contributed by atoms with Gasteiger partial charge in [0, 0.05) is 50.8 Å². The second kappa shape index (κ2) is 22.9. The summed E-state index contributed by atoms with van der Waals surface area (Å²) in [5, 5.41) is 13.2. The number of Topliss-reactive ketones (excluding diaryl/α,β-unsaturated/α-hetero) is 1. The molecule has 0 aromatic carbocycles. The Morgan fingerprint density at radius 1 is 1.00 bits per heavy atom. The molecule has 0 heterocycles. The van der Waals surface area contributed by atoms with Crippen LogP contribution in [0.1, 0.15) is 109 Å². The van der Waals surface area contributed by atoms with Gasteiger partial charge in [-0.2, -0.15) is 0 Å². The lowest BCUT2D eigenvalue weighted by Gasteiger charge is -2.31. The molecular formula is C29H64N2O6. The molecule has 1 amide bonds. The third-order valence-electron chi connectivity index (χ3n) is 5.43. The van der Waals surface area contributed by atoms with E-state index in [1.54, 1.807) is 7.11 Å². The van der Waals surface area contributed by atoms with Crippen molar-refractivity contribution in [2.75, 3.05) is 40.6 Å². The van der Waals surface area contributed by atoms with Crippen molar-refractivity contribution in [1.29, 1.82) is 0 Å². The monoisotopic (exact) mass is 536 g/mol. The quantitative estimate of drug-likeness (QED) is 0.221. The Labute approximate surface area is 230 Å². The van der Waals surface area contributed by atoms with Gasteiger partial charge >= 0.3 is 0 Å². The predicted octanol–water partition coefficient (Wildman–Crippen LogP) is 5.15. The maximum absolute atomic E-state index is 11.1. The van der Waals surface area contributed by atoms with Gasteiger partial charge < -0.3 is 30.0 Å². The number of nitrogens with one attached hydrogen (secondary N) is 2. The number of rotatable bonds is 17. The van der Waals surface area contributed by atoms with Gasteiger partial charge in [-0.05, 0) is 54.4 Å². The van der Waals surface area contributed by atoms with Crippen molar-refractivity contribution < 1.29 is 28.9 Å². The van der Waals surface area contributed by atoms with Crippen LogP contribution < -0.4 is 10.6 Å². The Kier molecular flexibility index (Phi) is 26.6. The maximum atomic E-state index is 11.1. The van der Waals surface area contributed by atoms with E-state index in [4.69, 9.17) is 19.3 Å². The van der Waals surface area contributed by atoms with Gasteiger partial charge in [0.1, 0.15) is 5.78 Å². The van der Waals surface area contributed by atoms with Crippen LogP contribution >= 0.6 is 0 Å². The highest BCUT2D eigenvalue weighted by molar-refractivity contribution is 5.76. The Balaban J connectivity index is -0.000000262. The van der Waals surface area contributed by atoms with Crippen molar-refractivity contribution in [3.05, 3.63) is 0 Å². The molecule has 0 aliphatic carbocycles. The SMILES string of the molecule is CC.CCC(C)(C)OCCC(C)(C)NC(C)C.CO.COC(C)(COCC(C)(C)CNC=O)CC(C)=O. The van der Waals surface area contributed by atoms with Gasteiger partial charge in [-0.1, -0.05) is 48.5 Å². The number of ketones is 1. The fourth-order valence-electron chi connectivity index (χ4n) is 3.16. The van der Waals surface area contributed by atoms with Crippen molar-refractivity contribution in [1.82, 2.24) is 10.6 Å². The summed E-state index contributed by atoms with van der Waals surface area (Å²) in [6.45, 7) is 28.9. The van der Waals surface area contributed by atoms with E-state index in [2.05, 4.69) is 59.1 Å². The second-order valence-corrected chi connectivity index (χ2v) is 11.6. The Morgan fingerprint density at radius 3 is 1.89 bits per heavy atom. The number of hydrogen-bond acceptors (Lipinski definition) is 7. The molecule has 8 nitrogen and oxygen atoms in total. The van der Waals surface area contributed by atoms with Crippen LogP contribution in [0.4, 0.5) is 0 Å². The van der Waals surface area contributed by atoms with Crippen LogP contribution in [0.25, 0.3) is 0 Å². The molecule has 0 rings (SSSR count). The van der Waals surface area contributed by atoms with E-state index in [0.29, 0.717) is 38.6 Å². The van der Waals surface area contributed by atoms with E-state index in [0.717, 1.165) is 26.6 Å². The molecule has 8 heteroatoms. The normalized spacial score (nSPS) is 13.1. The molecule has 0 saturated heterocycles. The van der Waals surface area contributed by atoms with E-state index in [1.165, 1.54) is 6.92 Å². The third-order valence-corrected chi connectivity index (χ3v) is 5.43. The summed E-state index contributed by atoms with van der Waals surface area (Å²) in [4.78, 5) is 21.4. The van der Waals surface area contributed by atoms with Crippen LogP contribution in [0, 0.1) is 5.41 Å². The minimum absolute atomic E-state index is 0.0217. The Morgan fingerprint density at radius 2 is 1.51 bits per heavy atom. The number of amides is 1. The summed E-state index contributed by atoms with van der Waals surface area (Å²) in [5.74, 6) is 0.0739. The topological polar surface area (TPSA) is 106 Å². The summed E-state index contributed by atoms with van der Waals surface area (Å²) < 4.78 is 16.8. The van der Waals surface area contributed by atoms with Crippen molar-refractivity contribution in [3.63, 3.8) is 0 Å². The van der Waals surface area contributed by atoms with Gasteiger partial charge in [-0.15, -0.1) is 0 Å². The summed E-state index contributed by atoms with van der Waals surface area (Å²) >= 11 is 0. The van der Waals surface area contributed by atoms with E-state index in [9.17, 15) is 9.59 Å². The molecule has 0 spiro atoms. The minimum atomic E-state index is -0.583. The van der Waals surface area contributed by atoms with Crippen LogP contribution in [0.3, 0.4) is 0 Å². The predicted molar refractivity (Wildman–Crippen MR) is 156 cm³/mol. The number of hydrogen-bond donors (Lipinski definition) is 3. The molecule has 37 heavy (non-hydrogen) atoms. The van der Waals surface area contributed by atoms with Crippen molar-refractivity contribution in [2.45, 2.75) is 132 Å². The first-order valence-electron chi connectivity index (χ1n) is 13.6. The number of carbonyl (C=O) groups excluding carboxylic acids is 2. The molecule has 3 N–H and O–H groups in total. The number of ether oxygens (including phenoxy) is 3. The standard InChI is InChI=1S/C13H25NO4.C13H29NO.C2H6.CH4O/c1-11(16)6-13(4,17-5)9-18-8-12(2,3)7-14-10-15;1-8-13(6,7)15-10-9-12(4,5)14-11(2)3;2*1-2/h10H,6-9H2,1-5H3,(H,14,15);11,14H,8-10H2,1-7H3;1-2H3;2H,1H3. The van der Waals surface area contributed by atoms with Crippen LogP contribution in [-0.4, -0.2) is 80.7 Å². The highest BCUT2D eigenvalue weighted by Gasteiger charge is 2.27. The molecule has 1 unspecified atom stereocenters. The van der Waals surface area contributed by atoms with Gasteiger partial charge in [0.25, 0.3) is 0 Å². The first kappa shape index (κ1) is 43.0. The molecule has 0 aromatic heterocycles. The van der Waals surface area contributed by atoms with Gasteiger partial charge in [0.05, 0.1) is 24.4 Å². The van der Waals surface area contributed by atoms with Gasteiger partial charge in [-0.25, -0.2) is 0 Å². The average molecular weight is 537 g/mol. The lowest BCUT2D eigenvalue weighted by atomic mass is 9.94. The smallest absolute Gasteiger partial charge is 0.207 e. The minimum Gasteiger partial charge on any atom is -0.400 e. The maximum Gasteiger partial charge on any atom is 0.207 e. The van der Waals surface area contributed by atoms with Gasteiger partial charge in [0.2, 0.25) is 6.41 Å². The first-order chi connectivity index (χ1) is 16.9. The van der Waals surface area contributed by atoms with Crippen molar-refractivity contribution >= 4 is 12.2 Å². The molecule has 1 atom stereocenters. The highest BCUT2D eigenvalue weighted by Crippen LogP contribution is 2.19.